The molecular formula is C16H19ClN2O2. The number of nitrogens with one attached hydrogen (secondary N) is 1. The molecule has 0 saturated carbocycles. The van der Waals surface area contributed by atoms with Gasteiger partial charge in [-0.1, -0.05) is 17.7 Å². The van der Waals surface area contributed by atoms with Gasteiger partial charge in [0.25, 0.3) is 0 Å². The number of ether oxygens (including phenoxy) is 2. The molecule has 2 rings (SSSR count). The third-order valence-electron chi connectivity index (χ3n) is 2.86. The number of benzene rings is 1. The van der Waals surface area contributed by atoms with Crippen molar-refractivity contribution in [1.82, 2.24) is 4.98 Å². The number of methoxy groups -OCH3 is 1. The van der Waals surface area contributed by atoms with Crippen LogP contribution in [0.3, 0.4) is 0 Å². The van der Waals surface area contributed by atoms with Crippen molar-refractivity contribution >= 4 is 17.4 Å². The molecule has 1 N–H and O–H groups in total. The molecule has 0 bridgehead atoms. The first-order valence-electron chi connectivity index (χ1n) is 6.78. The zero-order chi connectivity index (χ0) is 15.2. The summed E-state index contributed by atoms with van der Waals surface area (Å²) in [6.07, 6.45) is 1.81. The second-order valence-corrected chi connectivity index (χ2v) is 5.20. The minimum Gasteiger partial charge on any atom is -0.496 e. The summed E-state index contributed by atoms with van der Waals surface area (Å²) in [5.74, 6) is 2.16. The Morgan fingerprint density at radius 1 is 1.19 bits per heavy atom. The van der Waals surface area contributed by atoms with Crippen molar-refractivity contribution < 1.29 is 9.47 Å². The van der Waals surface area contributed by atoms with Gasteiger partial charge in [-0.05, 0) is 38.1 Å². The first-order chi connectivity index (χ1) is 10.1. The molecule has 0 aliphatic rings. The highest BCUT2D eigenvalue weighted by Crippen LogP contribution is 2.28. The van der Waals surface area contributed by atoms with Gasteiger partial charge >= 0.3 is 0 Å². The fourth-order valence-corrected chi connectivity index (χ4v) is 2.18. The molecule has 0 atom stereocenters. The number of hydrogen-bond donors (Lipinski definition) is 1. The van der Waals surface area contributed by atoms with E-state index in [1.165, 1.54) is 0 Å². The van der Waals surface area contributed by atoms with Gasteiger partial charge in [-0.3, -0.25) is 0 Å². The number of anilines is 1. The van der Waals surface area contributed by atoms with Gasteiger partial charge < -0.3 is 14.8 Å². The lowest BCUT2D eigenvalue weighted by Crippen LogP contribution is -2.10. The number of halogens is 1. The highest BCUT2D eigenvalue weighted by atomic mass is 35.5. The van der Waals surface area contributed by atoms with Crippen molar-refractivity contribution in [2.24, 2.45) is 0 Å². The molecule has 1 aromatic carbocycles. The average Bonchev–Trinajstić information content (AvgIpc) is 2.46. The Hall–Kier alpha value is -1.94. The number of pyridine rings is 1. The van der Waals surface area contributed by atoms with Crippen LogP contribution in [0.15, 0.2) is 36.5 Å². The molecule has 0 radical (unpaired) electrons. The summed E-state index contributed by atoms with van der Waals surface area (Å²) in [6, 6.07) is 9.31. The molecule has 0 saturated heterocycles. The average molecular weight is 307 g/mol. The van der Waals surface area contributed by atoms with Crippen molar-refractivity contribution in [3.8, 4) is 11.5 Å². The summed E-state index contributed by atoms with van der Waals surface area (Å²) in [6.45, 7) is 4.47. The summed E-state index contributed by atoms with van der Waals surface area (Å²) in [7, 11) is 1.63. The Kier molecular flexibility index (Phi) is 5.28. The van der Waals surface area contributed by atoms with Crippen LogP contribution in [-0.4, -0.2) is 18.2 Å². The van der Waals surface area contributed by atoms with E-state index in [1.54, 1.807) is 13.3 Å². The van der Waals surface area contributed by atoms with E-state index < -0.39 is 0 Å². The van der Waals surface area contributed by atoms with Crippen LogP contribution in [0.4, 0.5) is 5.82 Å². The molecule has 4 nitrogen and oxygen atoms in total. The van der Waals surface area contributed by atoms with E-state index in [0.29, 0.717) is 17.4 Å². The van der Waals surface area contributed by atoms with E-state index in [-0.39, 0.29) is 6.10 Å². The lowest BCUT2D eigenvalue weighted by molar-refractivity contribution is 0.243. The van der Waals surface area contributed by atoms with Crippen LogP contribution in [0.1, 0.15) is 19.4 Å². The van der Waals surface area contributed by atoms with E-state index in [0.717, 1.165) is 17.1 Å². The van der Waals surface area contributed by atoms with Gasteiger partial charge in [0.1, 0.15) is 5.75 Å². The molecule has 0 unspecified atom stereocenters. The van der Waals surface area contributed by atoms with E-state index in [2.05, 4.69) is 10.3 Å². The van der Waals surface area contributed by atoms with Gasteiger partial charge in [0.2, 0.25) is 0 Å². The van der Waals surface area contributed by atoms with E-state index in [4.69, 9.17) is 21.1 Å². The second-order valence-electron chi connectivity index (χ2n) is 4.79. The van der Waals surface area contributed by atoms with Crippen LogP contribution in [0.5, 0.6) is 11.5 Å². The minimum atomic E-state index is 0.0876. The Morgan fingerprint density at radius 2 is 1.95 bits per heavy atom. The van der Waals surface area contributed by atoms with Crippen molar-refractivity contribution in [1.29, 1.82) is 0 Å². The summed E-state index contributed by atoms with van der Waals surface area (Å²) >= 11 is 6.23. The highest BCUT2D eigenvalue weighted by Gasteiger charge is 2.10. The number of nitrogens with zero attached hydrogens (tertiary/aromatic N) is 1. The first kappa shape index (κ1) is 15.4. The van der Waals surface area contributed by atoms with Crippen molar-refractivity contribution in [2.75, 3.05) is 12.4 Å². The smallest absolute Gasteiger partial charge is 0.169 e. The number of rotatable bonds is 6. The Morgan fingerprint density at radius 3 is 2.67 bits per heavy atom. The molecule has 0 spiro atoms. The molecular weight excluding hydrogens is 288 g/mol. The van der Waals surface area contributed by atoms with Gasteiger partial charge in [0.05, 0.1) is 13.2 Å². The standard InChI is InChI=1S/C16H19ClN2O2/c1-11(2)21-15-8-5-9-18-16(15)19-10-12-13(17)6-4-7-14(12)20-3/h4-9,11H,10H2,1-3H3,(H,18,19). The van der Waals surface area contributed by atoms with E-state index in [1.807, 2.05) is 44.2 Å². The van der Waals surface area contributed by atoms with Gasteiger partial charge in [-0.25, -0.2) is 4.98 Å². The molecule has 5 heteroatoms. The van der Waals surface area contributed by atoms with Crippen LogP contribution in [0.25, 0.3) is 0 Å². The first-order valence-corrected chi connectivity index (χ1v) is 7.16. The predicted octanol–water partition coefficient (Wildman–Crippen LogP) is 4.14. The topological polar surface area (TPSA) is 43.4 Å². The lowest BCUT2D eigenvalue weighted by Gasteiger charge is -2.16. The summed E-state index contributed by atoms with van der Waals surface area (Å²) in [5, 5.41) is 3.91. The molecule has 0 amide bonds. The van der Waals surface area contributed by atoms with Gasteiger partial charge in [-0.2, -0.15) is 0 Å². The van der Waals surface area contributed by atoms with Crippen LogP contribution in [-0.2, 0) is 6.54 Å². The van der Waals surface area contributed by atoms with Gasteiger partial charge in [-0.15, -0.1) is 0 Å². The summed E-state index contributed by atoms with van der Waals surface area (Å²) < 4.78 is 11.1. The Labute approximate surface area is 130 Å². The monoisotopic (exact) mass is 306 g/mol. The molecule has 1 heterocycles. The SMILES string of the molecule is COc1cccc(Cl)c1CNc1ncccc1OC(C)C. The third kappa shape index (κ3) is 4.02. The van der Waals surface area contributed by atoms with Crippen LogP contribution < -0.4 is 14.8 Å². The molecule has 0 aliphatic carbocycles. The fraction of sp³-hybridized carbons (Fsp3) is 0.312. The summed E-state index contributed by atoms with van der Waals surface area (Å²) in [5.41, 5.74) is 0.891. The predicted molar refractivity (Wildman–Crippen MR) is 85.3 cm³/mol. The number of aromatic nitrogens is 1. The molecule has 1 aromatic heterocycles. The molecule has 0 fully saturated rings. The Balaban J connectivity index is 2.17. The lowest BCUT2D eigenvalue weighted by atomic mass is 10.2. The van der Waals surface area contributed by atoms with Gasteiger partial charge in [0, 0.05) is 23.3 Å². The van der Waals surface area contributed by atoms with Crippen molar-refractivity contribution in [3.63, 3.8) is 0 Å². The van der Waals surface area contributed by atoms with Gasteiger partial charge in [0.15, 0.2) is 11.6 Å². The molecule has 112 valence electrons. The maximum atomic E-state index is 6.23. The number of hydrogen-bond acceptors (Lipinski definition) is 4. The van der Waals surface area contributed by atoms with Crippen molar-refractivity contribution in [2.45, 2.75) is 26.5 Å². The second kappa shape index (κ2) is 7.18. The van der Waals surface area contributed by atoms with Crippen LogP contribution in [0, 0.1) is 0 Å². The minimum absolute atomic E-state index is 0.0876. The molecule has 0 aliphatic heterocycles. The zero-order valence-electron chi connectivity index (χ0n) is 12.4. The normalized spacial score (nSPS) is 10.5. The molecule has 21 heavy (non-hydrogen) atoms. The fourth-order valence-electron chi connectivity index (χ4n) is 1.95. The van der Waals surface area contributed by atoms with Crippen LogP contribution in [0.2, 0.25) is 5.02 Å². The third-order valence-corrected chi connectivity index (χ3v) is 3.22. The summed E-state index contributed by atoms with van der Waals surface area (Å²) in [4.78, 5) is 4.31. The van der Waals surface area contributed by atoms with Crippen molar-refractivity contribution in [3.05, 3.63) is 47.1 Å². The Bertz CT molecular complexity index is 603. The maximum Gasteiger partial charge on any atom is 0.169 e. The van der Waals surface area contributed by atoms with Crippen LogP contribution >= 0.6 is 11.6 Å². The highest BCUT2D eigenvalue weighted by molar-refractivity contribution is 6.31. The maximum absolute atomic E-state index is 6.23. The largest absolute Gasteiger partial charge is 0.496 e. The molecule has 2 aromatic rings. The van der Waals surface area contributed by atoms with E-state index in [9.17, 15) is 0 Å². The zero-order valence-corrected chi connectivity index (χ0v) is 13.1. The van der Waals surface area contributed by atoms with E-state index >= 15 is 0 Å². The quantitative estimate of drug-likeness (QED) is 0.871.